The van der Waals surface area contributed by atoms with E-state index in [2.05, 4.69) is 59.8 Å². The number of hydrogen-bond donors (Lipinski definition) is 1. The average Bonchev–Trinajstić information content (AvgIpc) is 3.45. The van der Waals surface area contributed by atoms with E-state index >= 15 is 0 Å². The van der Waals surface area contributed by atoms with E-state index in [1.165, 1.54) is 5.56 Å². The van der Waals surface area contributed by atoms with Crippen molar-refractivity contribution < 1.29 is 28.2 Å². The molecule has 190 valence electrons. The molecule has 5 heterocycles. The molecular weight excluding hydrogens is 477 g/mol. The number of aryl methyl sites for hydroxylation is 1. The summed E-state index contributed by atoms with van der Waals surface area (Å²) < 4.78 is 4.64. The van der Waals surface area contributed by atoms with Crippen molar-refractivity contribution in [3.63, 3.8) is 0 Å². The van der Waals surface area contributed by atoms with Gasteiger partial charge in [-0.2, -0.15) is 0 Å². The number of carbonyl (C=O) groups is 1. The fourth-order valence-electron chi connectivity index (χ4n) is 6.11. The first-order valence-corrected chi connectivity index (χ1v) is 14.0. The fourth-order valence-corrected chi connectivity index (χ4v) is 7.33. The number of hydrogen-bond acceptors (Lipinski definition) is 6. The number of aromatic nitrogens is 3. The standard InChI is InChI=1S/C27H35N7OS.Li/c1-19-29-30-25-18-33(17-22-9-14-36-27(22)34(19)25)24-7-12-32(13-8-24)26(35)21-5-10-31(11-6-21)16-20-3-2-4-23(28)15-20;/h2-4,9-10,14-15,22,24,27H,5-8,11-13,16-18,28H2,1H3;/q;+1. The smallest absolute Gasteiger partial charge is 0.399 e. The molecule has 0 radical (unpaired) electrons. The van der Waals surface area contributed by atoms with Gasteiger partial charge < -0.3 is 20.0 Å². The molecule has 8 nitrogen and oxygen atoms in total. The summed E-state index contributed by atoms with van der Waals surface area (Å²) >= 11 is 1.88. The molecule has 1 saturated heterocycles. The zero-order chi connectivity index (χ0) is 24.6. The second-order valence-corrected chi connectivity index (χ2v) is 11.5. The minimum atomic E-state index is 0. The van der Waals surface area contributed by atoms with Crippen LogP contribution in [0.3, 0.4) is 0 Å². The molecule has 2 atom stereocenters. The molecule has 1 aromatic carbocycles. The zero-order valence-corrected chi connectivity index (χ0v) is 22.7. The number of anilines is 1. The summed E-state index contributed by atoms with van der Waals surface area (Å²) in [5, 5.41) is 11.5. The molecule has 2 aromatic rings. The van der Waals surface area contributed by atoms with Gasteiger partial charge in [-0.15, -0.1) is 22.0 Å². The van der Waals surface area contributed by atoms with Crippen LogP contribution in [0.2, 0.25) is 0 Å². The molecule has 6 rings (SSSR count). The van der Waals surface area contributed by atoms with E-state index in [4.69, 9.17) is 5.73 Å². The third-order valence-corrected chi connectivity index (χ3v) is 9.25. The molecule has 4 aliphatic rings. The van der Waals surface area contributed by atoms with Crippen LogP contribution in [0.4, 0.5) is 5.69 Å². The van der Waals surface area contributed by atoms with Crippen molar-refractivity contribution in [2.75, 3.05) is 31.9 Å². The molecule has 2 unspecified atom stereocenters. The number of carbonyl (C=O) groups excluding carboxylic acids is 1. The molecule has 4 aliphatic heterocycles. The van der Waals surface area contributed by atoms with Gasteiger partial charge in [0.15, 0.2) is 6.54 Å². The predicted molar refractivity (Wildman–Crippen MR) is 142 cm³/mol. The van der Waals surface area contributed by atoms with Crippen LogP contribution in [0.25, 0.3) is 0 Å². The Morgan fingerprint density at radius 3 is 2.86 bits per heavy atom. The van der Waals surface area contributed by atoms with Crippen LogP contribution in [0.5, 0.6) is 0 Å². The van der Waals surface area contributed by atoms with Crippen LogP contribution in [0, 0.1) is 18.8 Å². The van der Waals surface area contributed by atoms with Crippen molar-refractivity contribution in [1.82, 2.24) is 24.6 Å². The molecule has 1 amide bonds. The molecular formula is C27H35LiN7OS+. The van der Waals surface area contributed by atoms with E-state index in [1.54, 1.807) is 0 Å². The Hall–Kier alpha value is -2.18. The SMILES string of the molecule is Cc1nnc2n1C1SC=CC1CN(C1CCN(C(=O)[C-]3CC=[N+](Cc4cccc(N)c4)CC3)CC1)C2.[Li+]. The summed E-state index contributed by atoms with van der Waals surface area (Å²) in [5.74, 6) is 3.87. The van der Waals surface area contributed by atoms with E-state index in [-0.39, 0.29) is 24.8 Å². The molecule has 10 heteroatoms. The summed E-state index contributed by atoms with van der Waals surface area (Å²) in [4.78, 5) is 18.0. The maximum absolute atomic E-state index is 13.3. The number of fused-ring (bicyclic) bond motifs is 3. The van der Waals surface area contributed by atoms with Gasteiger partial charge in [-0.3, -0.25) is 10.8 Å². The van der Waals surface area contributed by atoms with E-state index in [9.17, 15) is 4.79 Å². The third kappa shape index (κ3) is 5.51. The van der Waals surface area contributed by atoms with Gasteiger partial charge in [0.05, 0.1) is 17.8 Å². The Bertz CT molecular complexity index is 1190. The number of rotatable bonds is 4. The van der Waals surface area contributed by atoms with Gasteiger partial charge in [0.25, 0.3) is 0 Å². The Balaban J connectivity index is 0.00000280. The number of likely N-dealkylation sites (tertiary alicyclic amines) is 1. The van der Waals surface area contributed by atoms with Crippen LogP contribution in [0.15, 0.2) is 35.7 Å². The normalized spacial score (nSPS) is 24.2. The van der Waals surface area contributed by atoms with E-state index in [1.807, 2.05) is 30.0 Å². The minimum Gasteiger partial charge on any atom is -0.399 e. The third-order valence-electron chi connectivity index (χ3n) is 8.10. The van der Waals surface area contributed by atoms with Crippen molar-refractivity contribution in [2.24, 2.45) is 5.92 Å². The van der Waals surface area contributed by atoms with Gasteiger partial charge in [-0.1, -0.05) is 31.1 Å². The van der Waals surface area contributed by atoms with Crippen LogP contribution >= 0.6 is 11.8 Å². The largest absolute Gasteiger partial charge is 1.00 e. The molecule has 1 aromatic heterocycles. The van der Waals surface area contributed by atoms with Crippen molar-refractivity contribution in [1.29, 1.82) is 0 Å². The number of nitrogen functional groups attached to an aromatic ring is 1. The summed E-state index contributed by atoms with van der Waals surface area (Å²) in [6.45, 7) is 7.34. The first kappa shape index (κ1) is 26.4. The summed E-state index contributed by atoms with van der Waals surface area (Å²) in [5.41, 5.74) is 7.93. The molecule has 0 aliphatic carbocycles. The summed E-state index contributed by atoms with van der Waals surface area (Å²) in [6, 6.07) is 8.53. The van der Waals surface area contributed by atoms with E-state index in [0.717, 1.165) is 88.2 Å². The summed E-state index contributed by atoms with van der Waals surface area (Å²) in [6.07, 6.45) is 8.16. The topological polar surface area (TPSA) is 83.3 Å². The maximum Gasteiger partial charge on any atom is 1.00 e. The van der Waals surface area contributed by atoms with Crippen molar-refractivity contribution in [3.05, 3.63) is 58.9 Å². The van der Waals surface area contributed by atoms with Crippen LogP contribution < -0.4 is 24.6 Å². The van der Waals surface area contributed by atoms with Crippen LogP contribution in [-0.2, 0) is 17.9 Å². The average molecular weight is 513 g/mol. The number of nitrogens with zero attached hydrogens (tertiary/aromatic N) is 6. The van der Waals surface area contributed by atoms with Crippen molar-refractivity contribution in [2.45, 2.75) is 57.1 Å². The van der Waals surface area contributed by atoms with Crippen molar-refractivity contribution in [3.8, 4) is 0 Å². The van der Waals surface area contributed by atoms with Crippen LogP contribution in [0.1, 0.15) is 48.3 Å². The number of nitrogens with two attached hydrogens (primary N) is 1. The Morgan fingerprint density at radius 1 is 1.27 bits per heavy atom. The number of piperidine rings is 1. The van der Waals surface area contributed by atoms with Gasteiger partial charge in [0, 0.05) is 42.8 Å². The molecule has 0 bridgehead atoms. The fraction of sp³-hybridized carbons (Fsp3) is 0.519. The van der Waals surface area contributed by atoms with E-state index < -0.39 is 0 Å². The minimum absolute atomic E-state index is 0. The van der Waals surface area contributed by atoms with Gasteiger partial charge in [-0.25, -0.2) is 4.58 Å². The molecule has 0 saturated carbocycles. The van der Waals surface area contributed by atoms with Gasteiger partial charge in [-0.05, 0) is 37.3 Å². The number of thioether (sulfide) groups is 1. The Labute approximate surface area is 235 Å². The monoisotopic (exact) mass is 512 g/mol. The quantitative estimate of drug-likeness (QED) is 0.269. The van der Waals surface area contributed by atoms with Gasteiger partial charge >= 0.3 is 18.9 Å². The second-order valence-electron chi connectivity index (χ2n) is 10.5. The van der Waals surface area contributed by atoms with Crippen molar-refractivity contribution >= 4 is 29.6 Å². The Morgan fingerprint density at radius 2 is 2.11 bits per heavy atom. The summed E-state index contributed by atoms with van der Waals surface area (Å²) in [7, 11) is 0. The predicted octanol–water partition coefficient (Wildman–Crippen LogP) is 0.00641. The Kier molecular flexibility index (Phi) is 8.06. The van der Waals surface area contributed by atoms with Gasteiger partial charge in [0.2, 0.25) is 0 Å². The number of amides is 1. The molecule has 2 N–H and O–H groups in total. The molecule has 37 heavy (non-hydrogen) atoms. The van der Waals surface area contributed by atoms with Gasteiger partial charge in [0.1, 0.15) is 24.4 Å². The second kappa shape index (κ2) is 11.3. The first-order valence-electron chi connectivity index (χ1n) is 13.1. The molecule has 1 fully saturated rings. The van der Waals surface area contributed by atoms with Crippen LogP contribution in [-0.4, -0.2) is 73.5 Å². The maximum atomic E-state index is 13.3. The van der Waals surface area contributed by atoms with E-state index in [0.29, 0.717) is 17.3 Å². The number of benzene rings is 1. The zero-order valence-electron chi connectivity index (χ0n) is 21.9. The first-order chi connectivity index (χ1) is 17.5. The molecule has 0 spiro atoms.